The monoisotopic (exact) mass is 217 g/mol. The lowest BCUT2D eigenvalue weighted by Crippen LogP contribution is -2.02. The molecule has 0 N–H and O–H groups in total. The van der Waals surface area contributed by atoms with Crippen molar-refractivity contribution in [1.29, 1.82) is 5.26 Å². The van der Waals surface area contributed by atoms with Crippen LogP contribution < -0.4 is 0 Å². The van der Waals surface area contributed by atoms with Gasteiger partial charge in [-0.15, -0.1) is 0 Å². The predicted octanol–water partition coefficient (Wildman–Crippen LogP) is 1.94. The number of aromatic nitrogens is 1. The fourth-order valence-corrected chi connectivity index (χ4v) is 0.877. The lowest BCUT2D eigenvalue weighted by Gasteiger charge is -1.99. The zero-order valence-corrected chi connectivity index (χ0v) is 6.95. The van der Waals surface area contributed by atoms with Crippen molar-refractivity contribution in [1.82, 2.24) is 4.98 Å². The molecule has 0 radical (unpaired) electrons. The van der Waals surface area contributed by atoms with E-state index in [-0.39, 0.29) is 6.07 Å². The first kappa shape index (κ1) is 10.9. The highest BCUT2D eigenvalue weighted by Crippen LogP contribution is 2.25. The number of pyridine rings is 1. The summed E-state index contributed by atoms with van der Waals surface area (Å²) in [5.74, 6) is -2.73. The van der Waals surface area contributed by atoms with Gasteiger partial charge in [-0.3, -0.25) is 0 Å². The molecular weight excluding hydrogens is 215 g/mol. The van der Waals surface area contributed by atoms with Crippen molar-refractivity contribution in [3.05, 3.63) is 33.3 Å². The average Bonchev–Trinajstić information content (AvgIpc) is 2.16. The maximum absolute atomic E-state index is 12.8. The highest BCUT2D eigenvalue weighted by Gasteiger charge is 2.26. The normalized spacial score (nSPS) is 10.1. The van der Waals surface area contributed by atoms with Gasteiger partial charge in [0.25, 0.3) is 12.1 Å². The van der Waals surface area contributed by atoms with Gasteiger partial charge in [0, 0.05) is 0 Å². The molecule has 5 nitrogen and oxygen atoms in total. The number of nitriles is 1. The number of hydrogen-bond donors (Lipinski definition) is 0. The van der Waals surface area contributed by atoms with Crippen molar-refractivity contribution in [2.24, 2.45) is 0 Å². The third-order valence-corrected chi connectivity index (χ3v) is 1.50. The Morgan fingerprint density at radius 1 is 1.60 bits per heavy atom. The van der Waals surface area contributed by atoms with E-state index in [1.165, 1.54) is 6.07 Å². The van der Waals surface area contributed by atoms with Crippen LogP contribution in [0.2, 0.25) is 0 Å². The standard InChI is InChI=1S/C7H2F3N3O2/c8-4-1-3(6(9)10)5(2-11)12-7(4)13(14)15/h1,6H. The summed E-state index contributed by atoms with van der Waals surface area (Å²) in [4.78, 5) is 11.9. The molecule has 15 heavy (non-hydrogen) atoms. The lowest BCUT2D eigenvalue weighted by molar-refractivity contribution is -0.392. The zero-order valence-electron chi connectivity index (χ0n) is 6.95. The maximum atomic E-state index is 12.8. The third kappa shape index (κ3) is 2.01. The van der Waals surface area contributed by atoms with Crippen LogP contribution in [-0.2, 0) is 0 Å². The zero-order chi connectivity index (χ0) is 11.6. The van der Waals surface area contributed by atoms with Gasteiger partial charge in [-0.2, -0.15) is 9.65 Å². The number of nitrogens with zero attached hydrogens (tertiary/aromatic N) is 3. The smallest absolute Gasteiger partial charge is 0.358 e. The molecule has 0 fully saturated rings. The minimum absolute atomic E-state index is 0.244. The number of rotatable bonds is 2. The highest BCUT2D eigenvalue weighted by atomic mass is 19.3. The molecule has 1 heterocycles. The number of hydrogen-bond acceptors (Lipinski definition) is 4. The summed E-state index contributed by atoms with van der Waals surface area (Å²) < 4.78 is 37.2. The molecule has 0 saturated carbocycles. The minimum atomic E-state index is -3.11. The molecule has 0 aromatic carbocycles. The summed E-state index contributed by atoms with van der Waals surface area (Å²) in [6.07, 6.45) is -3.11. The van der Waals surface area contributed by atoms with Gasteiger partial charge in [-0.05, 0) is 16.0 Å². The molecule has 0 bridgehead atoms. The van der Waals surface area contributed by atoms with Gasteiger partial charge in [0.1, 0.15) is 6.07 Å². The van der Waals surface area contributed by atoms with E-state index in [0.717, 1.165) is 0 Å². The van der Waals surface area contributed by atoms with Crippen molar-refractivity contribution in [2.75, 3.05) is 0 Å². The maximum Gasteiger partial charge on any atom is 0.401 e. The molecule has 8 heteroatoms. The lowest BCUT2D eigenvalue weighted by atomic mass is 10.2. The molecule has 0 unspecified atom stereocenters. The van der Waals surface area contributed by atoms with Crippen molar-refractivity contribution in [3.63, 3.8) is 0 Å². The Bertz CT molecular complexity index is 456. The summed E-state index contributed by atoms with van der Waals surface area (Å²) in [6.45, 7) is 0. The molecule has 0 amide bonds. The molecule has 1 aromatic rings. The van der Waals surface area contributed by atoms with Crippen molar-refractivity contribution < 1.29 is 18.1 Å². The van der Waals surface area contributed by atoms with Gasteiger partial charge in [-0.25, -0.2) is 8.78 Å². The molecular formula is C7H2F3N3O2. The Morgan fingerprint density at radius 2 is 2.20 bits per heavy atom. The Morgan fingerprint density at radius 3 is 2.60 bits per heavy atom. The summed E-state index contributed by atoms with van der Waals surface area (Å²) in [5.41, 5.74) is -1.81. The van der Waals surface area contributed by atoms with Crippen molar-refractivity contribution in [2.45, 2.75) is 6.43 Å². The Balaban J connectivity index is 3.44. The molecule has 0 aliphatic rings. The van der Waals surface area contributed by atoms with Gasteiger partial charge in [-0.1, -0.05) is 0 Å². The largest absolute Gasteiger partial charge is 0.401 e. The summed E-state index contributed by atoms with van der Waals surface area (Å²) in [7, 11) is 0. The second kappa shape index (κ2) is 3.91. The van der Waals surface area contributed by atoms with E-state index >= 15 is 0 Å². The van der Waals surface area contributed by atoms with E-state index in [4.69, 9.17) is 5.26 Å². The van der Waals surface area contributed by atoms with Gasteiger partial charge in [0.2, 0.25) is 5.82 Å². The molecule has 0 aliphatic heterocycles. The van der Waals surface area contributed by atoms with E-state index in [0.29, 0.717) is 0 Å². The van der Waals surface area contributed by atoms with E-state index in [1.807, 2.05) is 0 Å². The average molecular weight is 217 g/mol. The van der Waals surface area contributed by atoms with Crippen molar-refractivity contribution in [3.8, 4) is 6.07 Å². The number of nitro groups is 1. The first-order valence-electron chi connectivity index (χ1n) is 3.50. The van der Waals surface area contributed by atoms with Gasteiger partial charge in [0.05, 0.1) is 5.56 Å². The quantitative estimate of drug-likeness (QED) is 0.560. The molecule has 78 valence electrons. The van der Waals surface area contributed by atoms with E-state index < -0.39 is 34.2 Å². The van der Waals surface area contributed by atoms with E-state index in [1.54, 1.807) is 0 Å². The topological polar surface area (TPSA) is 79.8 Å². The predicted molar refractivity (Wildman–Crippen MR) is 40.5 cm³/mol. The summed E-state index contributed by atoms with van der Waals surface area (Å²) >= 11 is 0. The molecule has 0 aliphatic carbocycles. The van der Waals surface area contributed by atoms with Crippen LogP contribution in [0, 0.1) is 27.3 Å². The van der Waals surface area contributed by atoms with Crippen LogP contribution in [0.5, 0.6) is 0 Å². The summed E-state index contributed by atoms with van der Waals surface area (Å²) in [5, 5.41) is 18.6. The van der Waals surface area contributed by atoms with Gasteiger partial charge in [0.15, 0.2) is 0 Å². The molecule has 0 atom stereocenters. The molecule has 0 saturated heterocycles. The fourth-order valence-electron chi connectivity index (χ4n) is 0.877. The van der Waals surface area contributed by atoms with Crippen LogP contribution in [0.1, 0.15) is 17.7 Å². The first-order valence-corrected chi connectivity index (χ1v) is 3.50. The van der Waals surface area contributed by atoms with Crippen LogP contribution in [0.4, 0.5) is 19.0 Å². The first-order chi connectivity index (χ1) is 6.97. The van der Waals surface area contributed by atoms with Gasteiger partial charge >= 0.3 is 5.82 Å². The minimum Gasteiger partial charge on any atom is -0.358 e. The van der Waals surface area contributed by atoms with Crippen LogP contribution in [0.25, 0.3) is 0 Å². The van der Waals surface area contributed by atoms with Crippen LogP contribution in [0.3, 0.4) is 0 Å². The fraction of sp³-hybridized carbons (Fsp3) is 0.143. The second-order valence-electron chi connectivity index (χ2n) is 2.40. The Labute approximate surface area is 80.9 Å². The molecule has 1 rings (SSSR count). The molecule has 0 spiro atoms. The highest BCUT2D eigenvalue weighted by molar-refractivity contribution is 5.38. The SMILES string of the molecule is N#Cc1nc([N+](=O)[O-])c(F)cc1C(F)F. The van der Waals surface area contributed by atoms with E-state index in [2.05, 4.69) is 4.98 Å². The second-order valence-corrected chi connectivity index (χ2v) is 2.40. The number of alkyl halides is 2. The Hall–Kier alpha value is -2.17. The Kier molecular flexibility index (Phi) is 2.85. The van der Waals surface area contributed by atoms with Crippen LogP contribution >= 0.6 is 0 Å². The third-order valence-electron chi connectivity index (χ3n) is 1.50. The molecule has 1 aromatic heterocycles. The number of halogens is 3. The van der Waals surface area contributed by atoms with Crippen LogP contribution in [-0.4, -0.2) is 9.91 Å². The van der Waals surface area contributed by atoms with Crippen LogP contribution in [0.15, 0.2) is 6.07 Å². The summed E-state index contributed by atoms with van der Waals surface area (Å²) in [6, 6.07) is 1.48. The van der Waals surface area contributed by atoms with Crippen molar-refractivity contribution >= 4 is 5.82 Å². The van der Waals surface area contributed by atoms with E-state index in [9.17, 15) is 23.3 Å². The van der Waals surface area contributed by atoms with Gasteiger partial charge < -0.3 is 10.1 Å².